The summed E-state index contributed by atoms with van der Waals surface area (Å²) in [5.74, 6) is 1.12. The van der Waals surface area contributed by atoms with E-state index in [9.17, 15) is 8.42 Å². The molecule has 0 amide bonds. The molecular weight excluding hydrogens is 308 g/mol. The molecule has 2 atom stereocenters. The zero-order valence-electron chi connectivity index (χ0n) is 11.1. The van der Waals surface area contributed by atoms with Gasteiger partial charge in [-0.25, -0.2) is 13.4 Å². The highest BCUT2D eigenvalue weighted by Gasteiger charge is 2.47. The van der Waals surface area contributed by atoms with Gasteiger partial charge in [0.1, 0.15) is 5.82 Å². The van der Waals surface area contributed by atoms with Crippen LogP contribution in [0.2, 0.25) is 0 Å². The molecule has 0 spiro atoms. The lowest BCUT2D eigenvalue weighted by Gasteiger charge is -2.21. The summed E-state index contributed by atoms with van der Waals surface area (Å²) < 4.78 is 23.5. The first-order valence-corrected chi connectivity index (χ1v) is 8.96. The molecule has 0 aliphatic carbocycles. The highest BCUT2D eigenvalue weighted by Crippen LogP contribution is 2.25. The number of aromatic nitrogens is 2. The number of aromatic amines is 1. The molecule has 8 heteroatoms. The number of sulfone groups is 1. The first-order chi connectivity index (χ1) is 10.0. The van der Waals surface area contributed by atoms with Crippen molar-refractivity contribution < 1.29 is 8.42 Å². The molecule has 4 rings (SSSR count). The largest absolute Gasteiger partial charge is 0.357 e. The molecule has 1 aromatic heterocycles. The Hall–Kier alpha value is -1.67. The normalized spacial score (nSPS) is 27.0. The van der Waals surface area contributed by atoms with Crippen LogP contribution in [0.15, 0.2) is 24.3 Å². The fraction of sp³-hybridized carbons (Fsp3) is 0.385. The van der Waals surface area contributed by atoms with Crippen molar-refractivity contribution in [3.05, 3.63) is 30.1 Å². The summed E-state index contributed by atoms with van der Waals surface area (Å²) in [5.41, 5.74) is 1.88. The average molecular weight is 322 g/mol. The van der Waals surface area contributed by atoms with Crippen molar-refractivity contribution in [1.29, 1.82) is 0 Å². The minimum atomic E-state index is -2.97. The van der Waals surface area contributed by atoms with Crippen LogP contribution in [0.5, 0.6) is 0 Å². The van der Waals surface area contributed by atoms with Gasteiger partial charge in [-0.15, -0.1) is 0 Å². The second-order valence-electron chi connectivity index (χ2n) is 5.53. The standard InChI is InChI=1S/C13H14N4O2S2/c18-21(19)6-10-11(7-21)17(13(20)16-10)5-12-14-8-3-1-2-4-9(8)15-12/h1-4,10-11H,5-7H2,(H,14,15)(H,16,20)/t10-,11+/m1/s1. The van der Waals surface area contributed by atoms with Crippen molar-refractivity contribution in [3.8, 4) is 0 Å². The predicted molar refractivity (Wildman–Crippen MR) is 83.6 cm³/mol. The highest BCUT2D eigenvalue weighted by atomic mass is 32.2. The van der Waals surface area contributed by atoms with Crippen LogP contribution >= 0.6 is 12.2 Å². The van der Waals surface area contributed by atoms with E-state index >= 15 is 0 Å². The number of hydrogen-bond donors (Lipinski definition) is 2. The molecule has 2 saturated heterocycles. The van der Waals surface area contributed by atoms with Gasteiger partial charge in [0.15, 0.2) is 14.9 Å². The zero-order valence-corrected chi connectivity index (χ0v) is 12.7. The fourth-order valence-corrected chi connectivity index (χ4v) is 5.37. The van der Waals surface area contributed by atoms with Gasteiger partial charge in [-0.3, -0.25) is 0 Å². The summed E-state index contributed by atoms with van der Waals surface area (Å²) in [7, 11) is -2.97. The quantitative estimate of drug-likeness (QED) is 0.780. The van der Waals surface area contributed by atoms with E-state index in [0.717, 1.165) is 16.9 Å². The van der Waals surface area contributed by atoms with Gasteiger partial charge < -0.3 is 15.2 Å². The van der Waals surface area contributed by atoms with E-state index in [1.54, 1.807) is 0 Å². The van der Waals surface area contributed by atoms with Gasteiger partial charge in [0.2, 0.25) is 0 Å². The third-order valence-electron chi connectivity index (χ3n) is 4.05. The van der Waals surface area contributed by atoms with Crippen LogP contribution in [0, 0.1) is 0 Å². The number of rotatable bonds is 2. The Labute approximate surface area is 127 Å². The van der Waals surface area contributed by atoms with Gasteiger partial charge >= 0.3 is 0 Å². The average Bonchev–Trinajstić information content (AvgIpc) is 3.02. The topological polar surface area (TPSA) is 78.1 Å². The second-order valence-corrected chi connectivity index (χ2v) is 8.07. The Balaban J connectivity index is 1.62. The number of thiocarbonyl (C=S) groups is 1. The van der Waals surface area contributed by atoms with E-state index in [-0.39, 0.29) is 23.6 Å². The molecule has 0 radical (unpaired) electrons. The Morgan fingerprint density at radius 2 is 2.14 bits per heavy atom. The summed E-state index contributed by atoms with van der Waals surface area (Å²) in [5, 5.41) is 3.72. The summed E-state index contributed by atoms with van der Waals surface area (Å²) >= 11 is 5.33. The van der Waals surface area contributed by atoms with E-state index in [1.807, 2.05) is 29.2 Å². The van der Waals surface area contributed by atoms with Crippen molar-refractivity contribution in [2.45, 2.75) is 18.6 Å². The number of H-pyrrole nitrogens is 1. The zero-order chi connectivity index (χ0) is 14.6. The lowest BCUT2D eigenvalue weighted by atomic mass is 10.2. The van der Waals surface area contributed by atoms with Gasteiger partial charge in [0.25, 0.3) is 0 Å². The maximum atomic E-state index is 11.8. The lowest BCUT2D eigenvalue weighted by Crippen LogP contribution is -2.36. The molecule has 6 nitrogen and oxygen atoms in total. The molecule has 3 heterocycles. The van der Waals surface area contributed by atoms with Gasteiger partial charge in [-0.05, 0) is 24.4 Å². The number of nitrogens with one attached hydrogen (secondary N) is 2. The molecule has 2 N–H and O–H groups in total. The van der Waals surface area contributed by atoms with Gasteiger partial charge in [0.05, 0.1) is 41.2 Å². The molecule has 0 unspecified atom stereocenters. The van der Waals surface area contributed by atoms with Gasteiger partial charge in [-0.2, -0.15) is 0 Å². The highest BCUT2D eigenvalue weighted by molar-refractivity contribution is 7.91. The van der Waals surface area contributed by atoms with E-state index in [2.05, 4.69) is 15.3 Å². The molecule has 0 saturated carbocycles. The maximum absolute atomic E-state index is 11.8. The Kier molecular flexibility index (Phi) is 2.74. The molecule has 2 aliphatic heterocycles. The van der Waals surface area contributed by atoms with Crippen LogP contribution in [-0.2, 0) is 16.4 Å². The monoisotopic (exact) mass is 322 g/mol. The third-order valence-corrected chi connectivity index (χ3v) is 6.12. The Bertz CT molecular complexity index is 797. The van der Waals surface area contributed by atoms with Crippen LogP contribution in [0.4, 0.5) is 0 Å². The van der Waals surface area contributed by atoms with Gasteiger partial charge in [-0.1, -0.05) is 12.1 Å². The summed E-state index contributed by atoms with van der Waals surface area (Å²) in [6.45, 7) is 0.497. The molecular formula is C13H14N4O2S2. The lowest BCUT2D eigenvalue weighted by molar-refractivity contribution is 0.342. The van der Waals surface area contributed by atoms with Crippen LogP contribution in [-0.4, -0.2) is 52.0 Å². The fourth-order valence-electron chi connectivity index (χ4n) is 3.10. The van der Waals surface area contributed by atoms with E-state index in [0.29, 0.717) is 11.7 Å². The van der Waals surface area contributed by atoms with E-state index in [1.165, 1.54) is 0 Å². The maximum Gasteiger partial charge on any atom is 0.170 e. The molecule has 21 heavy (non-hydrogen) atoms. The van der Waals surface area contributed by atoms with Crippen molar-refractivity contribution in [2.75, 3.05) is 11.5 Å². The molecule has 0 bridgehead atoms. The molecule has 2 aliphatic rings. The molecule has 1 aromatic carbocycles. The van der Waals surface area contributed by atoms with Gasteiger partial charge in [0, 0.05) is 0 Å². The van der Waals surface area contributed by atoms with Crippen LogP contribution in [0.1, 0.15) is 5.82 Å². The number of fused-ring (bicyclic) bond motifs is 2. The Morgan fingerprint density at radius 3 is 2.95 bits per heavy atom. The Morgan fingerprint density at radius 1 is 1.33 bits per heavy atom. The third kappa shape index (κ3) is 2.18. The SMILES string of the molecule is O=S1(=O)C[C@H]2NC(=S)N(Cc3nc4ccccc4[nH]3)[C@H]2C1. The molecule has 110 valence electrons. The number of para-hydroxylation sites is 2. The number of nitrogens with zero attached hydrogens (tertiary/aromatic N) is 2. The minimum absolute atomic E-state index is 0.0873. The van der Waals surface area contributed by atoms with Crippen molar-refractivity contribution in [1.82, 2.24) is 20.2 Å². The van der Waals surface area contributed by atoms with Crippen LogP contribution < -0.4 is 5.32 Å². The van der Waals surface area contributed by atoms with Crippen molar-refractivity contribution >= 4 is 38.2 Å². The number of benzene rings is 1. The first-order valence-electron chi connectivity index (χ1n) is 6.73. The first kappa shape index (κ1) is 13.0. The van der Waals surface area contributed by atoms with E-state index in [4.69, 9.17) is 12.2 Å². The van der Waals surface area contributed by atoms with Crippen LogP contribution in [0.3, 0.4) is 0 Å². The minimum Gasteiger partial charge on any atom is -0.357 e. The number of imidazole rings is 1. The van der Waals surface area contributed by atoms with E-state index < -0.39 is 9.84 Å². The second kappa shape index (κ2) is 4.41. The summed E-state index contributed by atoms with van der Waals surface area (Å²) in [6.07, 6.45) is 0. The summed E-state index contributed by atoms with van der Waals surface area (Å²) in [6, 6.07) is 7.62. The summed E-state index contributed by atoms with van der Waals surface area (Å²) in [4.78, 5) is 9.71. The van der Waals surface area contributed by atoms with Crippen molar-refractivity contribution in [3.63, 3.8) is 0 Å². The number of hydrogen-bond acceptors (Lipinski definition) is 4. The predicted octanol–water partition coefficient (Wildman–Crippen LogP) is 0.419. The van der Waals surface area contributed by atoms with Crippen molar-refractivity contribution in [2.24, 2.45) is 0 Å². The smallest absolute Gasteiger partial charge is 0.170 e. The molecule has 2 fully saturated rings. The molecule has 2 aromatic rings. The van der Waals surface area contributed by atoms with Crippen LogP contribution in [0.25, 0.3) is 11.0 Å².